The first kappa shape index (κ1) is 89.2. The van der Waals surface area contributed by atoms with Crippen molar-refractivity contribution in [3.05, 3.63) is 78.1 Å². The van der Waals surface area contributed by atoms with Crippen LogP contribution in [0, 0.1) is 35.5 Å². The molecule has 5 amide bonds. The highest BCUT2D eigenvalue weighted by atomic mass is 16.7. The number of likely N-dealkylation sites (tertiary alicyclic amines) is 1. The lowest BCUT2D eigenvalue weighted by molar-refractivity contribution is -0.171. The number of ketones is 3. The quantitative estimate of drug-likeness (QED) is 0.0221. The fourth-order valence-corrected chi connectivity index (χ4v) is 14.1. The van der Waals surface area contributed by atoms with Crippen LogP contribution >= 0.6 is 0 Å². The number of Topliss-reactive ketones (excluding diaryl/α,β-unsaturated/α-hetero) is 3. The predicted molar refractivity (Wildman–Crippen MR) is 395 cm³/mol. The summed E-state index contributed by atoms with van der Waals surface area (Å²) in [5.41, 5.74) is 1.06. The van der Waals surface area contributed by atoms with Gasteiger partial charge in [0.15, 0.2) is 5.78 Å². The first-order valence-electron chi connectivity index (χ1n) is 37.8. The number of nitrogens with one attached hydrogen (secondary N) is 4. The molecule has 110 heavy (non-hydrogen) atoms. The monoisotopic (exact) mass is 1540 g/mol. The van der Waals surface area contributed by atoms with E-state index in [4.69, 9.17) is 9.47 Å². The van der Waals surface area contributed by atoms with Gasteiger partial charge in [-0.25, -0.2) is 0 Å². The number of amides is 5. The third kappa shape index (κ3) is 31.3. The van der Waals surface area contributed by atoms with Crippen molar-refractivity contribution in [3.63, 3.8) is 0 Å². The smallest absolute Gasteiger partial charge is 0.317 e. The lowest BCUT2D eigenvalue weighted by Crippen LogP contribution is -2.55. The third-order valence-electron chi connectivity index (χ3n) is 20.3. The highest BCUT2D eigenvalue weighted by molar-refractivity contribution is 5.99. The number of carboxylic acid groups (broad SMARTS) is 5. The van der Waals surface area contributed by atoms with Gasteiger partial charge in [-0.05, 0) is 118 Å². The number of unbranched alkanes of at least 4 members (excludes halogenated alkanes) is 1. The number of hydrogen-bond donors (Lipinski definition) is 10. The van der Waals surface area contributed by atoms with Crippen LogP contribution in [0.1, 0.15) is 146 Å². The van der Waals surface area contributed by atoms with E-state index in [1.54, 1.807) is 28.5 Å². The van der Waals surface area contributed by atoms with Crippen molar-refractivity contribution in [2.24, 2.45) is 35.5 Å². The summed E-state index contributed by atoms with van der Waals surface area (Å²) < 4.78 is 10.2. The average Bonchev–Trinajstić information content (AvgIpc) is 1.68. The van der Waals surface area contributed by atoms with Gasteiger partial charge in [0.1, 0.15) is 35.7 Å². The number of aliphatic carboxylic acids is 5. The van der Waals surface area contributed by atoms with Gasteiger partial charge in [-0.1, -0.05) is 62.7 Å². The highest BCUT2D eigenvalue weighted by Crippen LogP contribution is 2.33. The van der Waals surface area contributed by atoms with Gasteiger partial charge < -0.3 is 66.3 Å². The summed E-state index contributed by atoms with van der Waals surface area (Å²) in [6, 6.07) is 11.8. The van der Waals surface area contributed by atoms with Crippen LogP contribution in [0.2, 0.25) is 0 Å². The molecule has 33 heteroatoms. The molecule has 0 spiro atoms. The Balaban J connectivity index is 0.924. The second-order valence-electron chi connectivity index (χ2n) is 29.3. The molecule has 1 saturated carbocycles. The summed E-state index contributed by atoms with van der Waals surface area (Å²) in [6.45, 7) is 4.88. The molecule has 3 aliphatic rings. The zero-order valence-electron chi connectivity index (χ0n) is 63.0. The molecule has 7 atom stereocenters. The average molecular weight is 1540 g/mol. The number of pyridine rings is 1. The standard InChI is InChI=1S/C77H108N10O23/c1-49(2)37-59(42-65(91)63(47-88)82-73(102)64-12-8-28-87(64)74(103)50(3)80-70(99)55-23-26-78-27-24-55)77(108)110-48-109-69(98)22-20-58(76(106)107)41-61(90)40-57(75(104)105)11-6-7-25-79-72(101)62(39-52-15-17-53-9-4-5-10-56(53)38-52)81-71(100)54-18-13-51(14-19-54)16-21-60(89)43-83-29-31-84(44-66(92)93)33-35-86(46-68(96)97)36-34-85(32-30-83)45-67(94)95/h4-5,9-10,15,17,23-24,26-27,38,49-51,54,57-59,62-64,88H,6-8,11-14,16,18-22,25,28-37,39-48H2,1-3H3,(H,79,101)(H,80,99)(H,81,100)(H,82,102)(H,92,93)(H,94,95)(H,96,97)(H,104,105)(H,106,107)/t50-,51?,54?,57-,58-,59-,62+,63+,64+/m1/s1. The Morgan fingerprint density at radius 1 is 0.564 bits per heavy atom. The number of carbonyl (C=O) groups is 15. The Morgan fingerprint density at radius 3 is 1.69 bits per heavy atom. The predicted octanol–water partition coefficient (Wildman–Crippen LogP) is 2.66. The lowest BCUT2D eigenvalue weighted by Gasteiger charge is -2.33. The Bertz CT molecular complexity index is 3620. The van der Waals surface area contributed by atoms with E-state index in [1.165, 1.54) is 36.4 Å². The second-order valence-corrected chi connectivity index (χ2v) is 29.3. The van der Waals surface area contributed by atoms with Crippen molar-refractivity contribution in [1.29, 1.82) is 0 Å². The van der Waals surface area contributed by atoms with E-state index in [2.05, 4.69) is 26.3 Å². The van der Waals surface area contributed by atoms with Gasteiger partial charge in [-0.15, -0.1) is 0 Å². The Morgan fingerprint density at radius 2 is 1.13 bits per heavy atom. The van der Waals surface area contributed by atoms with Gasteiger partial charge in [0.05, 0.1) is 50.5 Å². The van der Waals surface area contributed by atoms with Crippen molar-refractivity contribution in [1.82, 2.24) is 50.8 Å². The lowest BCUT2D eigenvalue weighted by atomic mass is 9.79. The maximum absolute atomic E-state index is 14.1. The van der Waals surface area contributed by atoms with E-state index in [0.717, 1.165) is 16.3 Å². The van der Waals surface area contributed by atoms with E-state index in [1.807, 2.05) is 47.4 Å². The van der Waals surface area contributed by atoms with Crippen LogP contribution < -0.4 is 21.3 Å². The van der Waals surface area contributed by atoms with Gasteiger partial charge >= 0.3 is 41.8 Å². The molecule has 0 bridgehead atoms. The van der Waals surface area contributed by atoms with Crippen molar-refractivity contribution >= 4 is 99.4 Å². The van der Waals surface area contributed by atoms with Crippen molar-refractivity contribution in [3.8, 4) is 0 Å². The van der Waals surface area contributed by atoms with Gasteiger partial charge in [0.2, 0.25) is 30.4 Å². The topological polar surface area (TPSA) is 473 Å². The van der Waals surface area contributed by atoms with Crippen LogP contribution in [0.25, 0.3) is 10.8 Å². The summed E-state index contributed by atoms with van der Waals surface area (Å²) in [6.07, 6.45) is 4.81. The molecule has 2 aliphatic heterocycles. The zero-order chi connectivity index (χ0) is 80.4. The highest BCUT2D eigenvalue weighted by Gasteiger charge is 2.39. The molecule has 604 valence electrons. The van der Waals surface area contributed by atoms with E-state index < -0.39 is 170 Å². The summed E-state index contributed by atoms with van der Waals surface area (Å²) >= 11 is 0. The molecule has 1 aromatic heterocycles. The Labute approximate surface area is 638 Å². The van der Waals surface area contributed by atoms with E-state index in [0.29, 0.717) is 51.6 Å². The molecular formula is C77H108N10O23. The van der Waals surface area contributed by atoms with Crippen molar-refractivity contribution < 1.29 is 112 Å². The van der Waals surface area contributed by atoms with Gasteiger partial charge in [0.25, 0.3) is 5.91 Å². The minimum atomic E-state index is -1.48. The number of aliphatic hydroxyl groups is 1. The Kier molecular flexibility index (Phi) is 37.4. The van der Waals surface area contributed by atoms with Gasteiger partial charge in [-0.2, -0.15) is 0 Å². The molecule has 3 fully saturated rings. The van der Waals surface area contributed by atoms with Crippen molar-refractivity contribution in [2.75, 3.05) is 105 Å². The molecule has 2 saturated heterocycles. The second kappa shape index (κ2) is 46.1. The fraction of sp³-hybridized carbons (Fsp3) is 0.610. The number of carbonyl (C=O) groups excluding carboxylic acids is 10. The molecular weight excluding hydrogens is 1430 g/mol. The van der Waals surface area contributed by atoms with Crippen LogP contribution in [0.4, 0.5) is 0 Å². The minimum Gasteiger partial charge on any atom is -0.481 e. The van der Waals surface area contributed by atoms with Gasteiger partial charge in [0, 0.05) is 128 Å². The molecule has 10 N–H and O–H groups in total. The molecule has 0 unspecified atom stereocenters. The molecule has 1 aliphatic carbocycles. The number of esters is 2. The summed E-state index contributed by atoms with van der Waals surface area (Å²) in [5.74, 6) is -16.1. The molecule has 6 rings (SSSR count). The normalized spacial score (nSPS) is 18.7. The first-order valence-corrected chi connectivity index (χ1v) is 37.8. The van der Waals surface area contributed by atoms with E-state index >= 15 is 0 Å². The van der Waals surface area contributed by atoms with Crippen LogP contribution in [-0.4, -0.2) is 278 Å². The molecule has 3 aromatic rings. The summed E-state index contributed by atoms with van der Waals surface area (Å²) in [5, 5.41) is 71.9. The Hall–Kier alpha value is -9.70. The van der Waals surface area contributed by atoms with E-state index in [-0.39, 0.29) is 153 Å². The number of nitrogens with zero attached hydrogens (tertiary/aromatic N) is 6. The maximum Gasteiger partial charge on any atom is 0.317 e. The largest absolute Gasteiger partial charge is 0.481 e. The SMILES string of the molecule is CC(C)C[C@H](CC(=O)[C@H](CO)NC(=O)[C@@H]1CCCN1C(=O)[C@@H](C)NC(=O)c1ccncc1)C(=O)OCOC(=O)CC[C@H](CC(=O)C[C@@H](CCCCNC(=O)[C@H](Cc1ccc2ccccc2c1)NC(=O)C1CCC(CCC(=O)CN2CCN(CC(=O)O)CCN(CC(=O)O)CCN(CC(=O)O)CC2)CC1)C(=O)O)C(=O)O. The number of aliphatic hydroxyl groups excluding tert-OH is 1. The van der Waals surface area contributed by atoms with Gasteiger partial charge in [-0.3, -0.25) is 96.5 Å². The number of benzene rings is 2. The van der Waals surface area contributed by atoms with Crippen LogP contribution in [0.5, 0.6) is 0 Å². The number of rotatable bonds is 44. The third-order valence-corrected chi connectivity index (χ3v) is 20.3. The van der Waals surface area contributed by atoms with Crippen LogP contribution in [0.3, 0.4) is 0 Å². The summed E-state index contributed by atoms with van der Waals surface area (Å²) in [7, 11) is 0. The molecule has 2 aromatic carbocycles. The maximum atomic E-state index is 14.1. The number of carboxylic acids is 5. The molecule has 33 nitrogen and oxygen atoms in total. The first-order chi connectivity index (χ1) is 52.4. The molecule has 3 heterocycles. The van der Waals surface area contributed by atoms with Crippen LogP contribution in [0.15, 0.2) is 67.0 Å². The number of hydrogen-bond acceptors (Lipinski definition) is 23. The number of aromatic nitrogens is 1. The molecule has 0 radical (unpaired) electrons. The fourth-order valence-electron chi connectivity index (χ4n) is 14.1. The zero-order valence-corrected chi connectivity index (χ0v) is 63.0. The minimum absolute atomic E-state index is 0.0128. The van der Waals surface area contributed by atoms with Crippen LogP contribution in [-0.2, 0) is 83.0 Å². The van der Waals surface area contributed by atoms with Crippen molar-refractivity contribution in [2.45, 2.75) is 161 Å². The van der Waals surface area contributed by atoms with E-state index in [9.17, 15) is 103 Å². The number of fused-ring (bicyclic) bond motifs is 1. The number of ether oxygens (including phenoxy) is 2. The summed E-state index contributed by atoms with van der Waals surface area (Å²) in [4.78, 5) is 206.